The van der Waals surface area contributed by atoms with E-state index in [4.69, 9.17) is 4.74 Å². The van der Waals surface area contributed by atoms with Gasteiger partial charge in [-0.1, -0.05) is 13.8 Å². The van der Waals surface area contributed by atoms with Gasteiger partial charge in [0.1, 0.15) is 5.82 Å². The molecule has 2 aromatic heterocycles. The third-order valence-corrected chi connectivity index (χ3v) is 5.24. The van der Waals surface area contributed by atoms with Gasteiger partial charge in [0, 0.05) is 46.8 Å². The number of carbonyl (C=O) groups is 1. The monoisotopic (exact) mass is 406 g/mol. The first kappa shape index (κ1) is 21.1. The van der Waals surface area contributed by atoms with Crippen molar-refractivity contribution in [3.8, 4) is 0 Å². The van der Waals surface area contributed by atoms with Crippen molar-refractivity contribution in [1.29, 1.82) is 0 Å². The van der Waals surface area contributed by atoms with E-state index in [1.54, 1.807) is 18.9 Å². The average molecular weight is 406 g/mol. The van der Waals surface area contributed by atoms with Gasteiger partial charge in [0.25, 0.3) is 5.56 Å². The number of carbonyl (C=O) groups excluding carboxylic acids is 1. The lowest BCUT2D eigenvalue weighted by molar-refractivity contribution is 0.0768. The van der Waals surface area contributed by atoms with Crippen LogP contribution in [-0.4, -0.2) is 67.4 Å². The fraction of sp³-hybridized carbons (Fsp3) is 0.684. The maximum Gasteiger partial charge on any atom is 0.409 e. The number of ether oxygens (including phenoxy) is 1. The molecule has 0 atom stereocenters. The summed E-state index contributed by atoms with van der Waals surface area (Å²) in [5.74, 6) is 1.07. The summed E-state index contributed by atoms with van der Waals surface area (Å²) >= 11 is 0. The fourth-order valence-corrected chi connectivity index (χ4v) is 3.68. The highest BCUT2D eigenvalue weighted by atomic mass is 16.6. The number of piperazine rings is 1. The van der Waals surface area contributed by atoms with Crippen molar-refractivity contribution in [2.75, 3.05) is 32.8 Å². The molecule has 0 unspecified atom stereocenters. The molecule has 160 valence electrons. The first-order valence-electron chi connectivity index (χ1n) is 10.0. The third kappa shape index (κ3) is 4.07. The number of rotatable bonds is 5. The van der Waals surface area contributed by atoms with Gasteiger partial charge in [-0.05, 0) is 12.8 Å². The zero-order valence-corrected chi connectivity index (χ0v) is 17.8. The van der Waals surface area contributed by atoms with Gasteiger partial charge in [-0.2, -0.15) is 0 Å². The number of nitrogens with zero attached hydrogens (tertiary/aromatic N) is 6. The predicted octanol–water partition coefficient (Wildman–Crippen LogP) is 0.364. The van der Waals surface area contributed by atoms with Gasteiger partial charge < -0.3 is 14.2 Å². The van der Waals surface area contributed by atoms with E-state index < -0.39 is 0 Å². The second-order valence-corrected chi connectivity index (χ2v) is 7.87. The Bertz CT molecular complexity index is 1010. The molecule has 0 aliphatic carbocycles. The van der Waals surface area contributed by atoms with Crippen LogP contribution in [0.4, 0.5) is 4.79 Å². The van der Waals surface area contributed by atoms with Crippen LogP contribution in [0, 0.1) is 5.92 Å². The Morgan fingerprint density at radius 1 is 1.10 bits per heavy atom. The van der Waals surface area contributed by atoms with Crippen molar-refractivity contribution >= 4 is 17.3 Å². The van der Waals surface area contributed by atoms with Crippen molar-refractivity contribution in [3.63, 3.8) is 0 Å². The Balaban J connectivity index is 1.91. The summed E-state index contributed by atoms with van der Waals surface area (Å²) in [5.41, 5.74) is 0.170. The molecular formula is C19H30N6O4. The highest BCUT2D eigenvalue weighted by Crippen LogP contribution is 2.16. The summed E-state index contributed by atoms with van der Waals surface area (Å²) in [6.45, 7) is 10.1. The van der Waals surface area contributed by atoms with Gasteiger partial charge in [-0.15, -0.1) is 0 Å². The summed E-state index contributed by atoms with van der Waals surface area (Å²) in [6.07, 6.45) is -0.280. The Morgan fingerprint density at radius 3 is 2.34 bits per heavy atom. The van der Waals surface area contributed by atoms with Crippen LogP contribution in [0.3, 0.4) is 0 Å². The van der Waals surface area contributed by atoms with E-state index in [-0.39, 0.29) is 17.3 Å². The van der Waals surface area contributed by atoms with Gasteiger partial charge in [0.2, 0.25) is 0 Å². The fourth-order valence-electron chi connectivity index (χ4n) is 3.68. The summed E-state index contributed by atoms with van der Waals surface area (Å²) < 4.78 is 9.57. The van der Waals surface area contributed by atoms with E-state index >= 15 is 0 Å². The number of hydrogen-bond acceptors (Lipinski definition) is 6. The minimum atomic E-state index is -0.383. The molecule has 0 N–H and O–H groups in total. The number of fused-ring (bicyclic) bond motifs is 1. The first-order chi connectivity index (χ1) is 13.7. The second kappa shape index (κ2) is 8.40. The van der Waals surface area contributed by atoms with Crippen molar-refractivity contribution < 1.29 is 9.53 Å². The predicted molar refractivity (Wildman–Crippen MR) is 109 cm³/mol. The number of hydrogen-bond donors (Lipinski definition) is 0. The van der Waals surface area contributed by atoms with Crippen molar-refractivity contribution in [1.82, 2.24) is 28.5 Å². The molecule has 0 saturated carbocycles. The number of imidazole rings is 1. The SMILES string of the molecule is CCOC(=O)N1CCN(Cc2nc3c(c(=O)n(C)c(=O)n3C)n2CC(C)C)CC1. The molecule has 2 aromatic rings. The lowest BCUT2D eigenvalue weighted by Crippen LogP contribution is -2.48. The molecule has 3 rings (SSSR count). The van der Waals surface area contributed by atoms with Crippen molar-refractivity contribution in [2.45, 2.75) is 33.9 Å². The molecule has 1 aliphatic heterocycles. The molecule has 0 spiro atoms. The standard InChI is InChI=1S/C19H30N6O4/c1-6-29-19(28)24-9-7-23(8-10-24)12-14-20-16-15(25(14)11-13(2)3)17(26)22(5)18(27)21(16)4/h13H,6-12H2,1-5H3. The molecule has 1 aliphatic rings. The summed E-state index contributed by atoms with van der Waals surface area (Å²) in [4.78, 5) is 45.6. The second-order valence-electron chi connectivity index (χ2n) is 7.87. The maximum absolute atomic E-state index is 12.8. The first-order valence-corrected chi connectivity index (χ1v) is 10.0. The lowest BCUT2D eigenvalue weighted by atomic mass is 10.2. The van der Waals surface area contributed by atoms with Crippen LogP contribution in [-0.2, 0) is 31.9 Å². The maximum atomic E-state index is 12.8. The zero-order valence-electron chi connectivity index (χ0n) is 17.8. The molecule has 0 radical (unpaired) electrons. The van der Waals surface area contributed by atoms with Gasteiger partial charge in [-0.25, -0.2) is 14.6 Å². The third-order valence-electron chi connectivity index (χ3n) is 5.24. The minimum Gasteiger partial charge on any atom is -0.450 e. The van der Waals surface area contributed by atoms with Crippen LogP contribution in [0.25, 0.3) is 11.2 Å². The van der Waals surface area contributed by atoms with Crippen LogP contribution in [0.5, 0.6) is 0 Å². The molecule has 10 heteroatoms. The molecule has 1 saturated heterocycles. The molecule has 1 amide bonds. The van der Waals surface area contributed by atoms with E-state index in [2.05, 4.69) is 23.7 Å². The summed E-state index contributed by atoms with van der Waals surface area (Å²) in [7, 11) is 3.13. The molecule has 3 heterocycles. The van der Waals surface area contributed by atoms with Crippen LogP contribution in [0.1, 0.15) is 26.6 Å². The van der Waals surface area contributed by atoms with E-state index in [0.717, 1.165) is 10.4 Å². The van der Waals surface area contributed by atoms with Gasteiger partial charge >= 0.3 is 11.8 Å². The molecule has 1 fully saturated rings. The quantitative estimate of drug-likeness (QED) is 0.712. The topological polar surface area (TPSA) is 94.6 Å². The van der Waals surface area contributed by atoms with Crippen molar-refractivity contribution in [3.05, 3.63) is 26.7 Å². The van der Waals surface area contributed by atoms with E-state index in [9.17, 15) is 14.4 Å². The van der Waals surface area contributed by atoms with Crippen LogP contribution in [0.15, 0.2) is 9.59 Å². The molecule has 0 bridgehead atoms. The summed E-state index contributed by atoms with van der Waals surface area (Å²) in [5, 5.41) is 0. The Morgan fingerprint density at radius 2 is 1.76 bits per heavy atom. The van der Waals surface area contributed by atoms with E-state index in [1.807, 2.05) is 4.57 Å². The van der Waals surface area contributed by atoms with E-state index in [0.29, 0.717) is 63.0 Å². The van der Waals surface area contributed by atoms with E-state index in [1.165, 1.54) is 11.6 Å². The molecule has 0 aromatic carbocycles. The number of aromatic nitrogens is 4. The van der Waals surface area contributed by atoms with Gasteiger partial charge in [-0.3, -0.25) is 18.8 Å². The Kier molecular flexibility index (Phi) is 6.11. The highest BCUT2D eigenvalue weighted by molar-refractivity contribution is 5.71. The normalized spacial score (nSPS) is 15.4. The summed E-state index contributed by atoms with van der Waals surface area (Å²) in [6, 6.07) is 0. The number of amides is 1. The number of aryl methyl sites for hydroxylation is 1. The van der Waals surface area contributed by atoms with Crippen molar-refractivity contribution in [2.24, 2.45) is 20.0 Å². The van der Waals surface area contributed by atoms with Gasteiger partial charge in [0.15, 0.2) is 11.2 Å². The average Bonchev–Trinajstić information content (AvgIpc) is 3.03. The molecule has 10 nitrogen and oxygen atoms in total. The Labute approximate surface area is 169 Å². The largest absolute Gasteiger partial charge is 0.450 e. The minimum absolute atomic E-state index is 0.280. The van der Waals surface area contributed by atoms with Crippen LogP contribution >= 0.6 is 0 Å². The Hall–Kier alpha value is -2.62. The molecule has 29 heavy (non-hydrogen) atoms. The van der Waals surface area contributed by atoms with Crippen LogP contribution in [0.2, 0.25) is 0 Å². The molecular weight excluding hydrogens is 376 g/mol. The highest BCUT2D eigenvalue weighted by Gasteiger charge is 2.25. The van der Waals surface area contributed by atoms with Gasteiger partial charge in [0.05, 0.1) is 13.2 Å². The van der Waals surface area contributed by atoms with Crippen LogP contribution < -0.4 is 11.2 Å². The zero-order chi connectivity index (χ0) is 21.3. The lowest BCUT2D eigenvalue weighted by Gasteiger charge is -2.33. The smallest absolute Gasteiger partial charge is 0.409 e.